The number of nitrogens with zero attached hydrogens (tertiary/aromatic N) is 2. The van der Waals surface area contributed by atoms with Crippen LogP contribution in [0.2, 0.25) is 0 Å². The lowest BCUT2D eigenvalue weighted by Crippen LogP contribution is -2.60. The van der Waals surface area contributed by atoms with Gasteiger partial charge in [-0.25, -0.2) is 0 Å². The van der Waals surface area contributed by atoms with Crippen LogP contribution in [0.1, 0.15) is 48.5 Å². The van der Waals surface area contributed by atoms with Gasteiger partial charge in [0.2, 0.25) is 0 Å². The molecule has 1 atom stereocenters. The maximum atomic E-state index is 2.68. The minimum Gasteiger partial charge on any atom is -0.298 e. The van der Waals surface area contributed by atoms with E-state index in [9.17, 15) is 0 Å². The minimum absolute atomic E-state index is 0.373. The monoisotopic (exact) mass is 226 g/mol. The van der Waals surface area contributed by atoms with Gasteiger partial charge in [-0.15, -0.1) is 0 Å². The van der Waals surface area contributed by atoms with Gasteiger partial charge in [-0.3, -0.25) is 9.80 Å². The van der Waals surface area contributed by atoms with Gasteiger partial charge in [-0.1, -0.05) is 20.8 Å². The molecule has 0 radical (unpaired) electrons. The Morgan fingerprint density at radius 1 is 0.938 bits per heavy atom. The van der Waals surface area contributed by atoms with Crippen LogP contribution in [-0.2, 0) is 0 Å². The van der Waals surface area contributed by atoms with Gasteiger partial charge in [-0.05, 0) is 33.1 Å². The molecule has 0 unspecified atom stereocenters. The highest BCUT2D eigenvalue weighted by atomic mass is 15.3. The maximum Gasteiger partial charge on any atom is 0.0274 e. The molecule has 2 nitrogen and oxygen atoms in total. The van der Waals surface area contributed by atoms with E-state index in [0.29, 0.717) is 23.5 Å². The zero-order chi connectivity index (χ0) is 12.5. The number of piperazine rings is 1. The van der Waals surface area contributed by atoms with Crippen molar-refractivity contribution in [2.24, 2.45) is 5.41 Å². The number of hydrogen-bond acceptors (Lipinski definition) is 2. The van der Waals surface area contributed by atoms with Crippen molar-refractivity contribution in [3.05, 3.63) is 0 Å². The first-order valence-electron chi connectivity index (χ1n) is 6.73. The topological polar surface area (TPSA) is 6.48 Å². The molecule has 0 spiro atoms. The zero-order valence-corrected chi connectivity index (χ0v) is 12.2. The molecule has 1 rings (SSSR count). The van der Waals surface area contributed by atoms with Crippen molar-refractivity contribution in [2.75, 3.05) is 19.6 Å². The van der Waals surface area contributed by atoms with Gasteiger partial charge >= 0.3 is 0 Å². The molecular formula is C14H30N2. The predicted octanol–water partition coefficient (Wildman–Crippen LogP) is 2.84. The normalized spacial score (nSPS) is 25.7. The summed E-state index contributed by atoms with van der Waals surface area (Å²) in [5.74, 6) is 0. The number of rotatable bonds is 2. The lowest BCUT2D eigenvalue weighted by molar-refractivity contribution is -0.0133. The Kier molecular flexibility index (Phi) is 4.42. The van der Waals surface area contributed by atoms with Gasteiger partial charge in [0.1, 0.15) is 0 Å². The fraction of sp³-hybridized carbons (Fsp3) is 1.00. The third-order valence-corrected chi connectivity index (χ3v) is 3.85. The van der Waals surface area contributed by atoms with Crippen molar-refractivity contribution in [1.29, 1.82) is 0 Å². The summed E-state index contributed by atoms with van der Waals surface area (Å²) in [7, 11) is 0. The number of hydrogen-bond donors (Lipinski definition) is 0. The predicted molar refractivity (Wildman–Crippen MR) is 71.8 cm³/mol. The Bertz CT molecular complexity index is 215. The second-order valence-corrected chi connectivity index (χ2v) is 6.80. The first-order chi connectivity index (χ1) is 7.23. The molecule has 16 heavy (non-hydrogen) atoms. The molecule has 0 amide bonds. The first-order valence-corrected chi connectivity index (χ1v) is 6.73. The molecule has 1 fully saturated rings. The van der Waals surface area contributed by atoms with E-state index in [1.54, 1.807) is 0 Å². The van der Waals surface area contributed by atoms with Crippen LogP contribution in [0, 0.1) is 5.41 Å². The summed E-state index contributed by atoms with van der Waals surface area (Å²) in [4.78, 5) is 5.30. The fourth-order valence-corrected chi connectivity index (χ4v) is 2.68. The molecule has 0 aliphatic carbocycles. The van der Waals surface area contributed by atoms with Gasteiger partial charge in [0.25, 0.3) is 0 Å². The van der Waals surface area contributed by atoms with Crippen molar-refractivity contribution >= 4 is 0 Å². The second-order valence-electron chi connectivity index (χ2n) is 6.80. The van der Waals surface area contributed by atoms with Crippen LogP contribution in [0.4, 0.5) is 0 Å². The maximum absolute atomic E-state index is 2.68. The molecule has 0 aromatic carbocycles. The lowest BCUT2D eigenvalue weighted by Gasteiger charge is -2.50. The van der Waals surface area contributed by atoms with Crippen molar-refractivity contribution < 1.29 is 0 Å². The van der Waals surface area contributed by atoms with E-state index in [2.05, 4.69) is 58.3 Å². The van der Waals surface area contributed by atoms with E-state index in [1.165, 1.54) is 19.6 Å². The summed E-state index contributed by atoms with van der Waals surface area (Å²) in [5, 5.41) is 0. The van der Waals surface area contributed by atoms with E-state index in [0.717, 1.165) is 0 Å². The Morgan fingerprint density at radius 2 is 1.50 bits per heavy atom. The van der Waals surface area contributed by atoms with Crippen molar-refractivity contribution in [1.82, 2.24) is 9.80 Å². The summed E-state index contributed by atoms with van der Waals surface area (Å²) in [6.45, 7) is 20.0. The van der Waals surface area contributed by atoms with E-state index in [4.69, 9.17) is 0 Å². The Morgan fingerprint density at radius 3 is 1.88 bits per heavy atom. The van der Waals surface area contributed by atoms with Crippen LogP contribution in [0.15, 0.2) is 0 Å². The van der Waals surface area contributed by atoms with Crippen molar-refractivity contribution in [3.63, 3.8) is 0 Å². The van der Waals surface area contributed by atoms with Crippen LogP contribution < -0.4 is 0 Å². The van der Waals surface area contributed by atoms with Crippen LogP contribution in [0.3, 0.4) is 0 Å². The standard InChI is InChI=1S/C14H30N2/c1-11(2)15-8-9-16(12(3)4)13(10-15)14(5,6)7/h11-13H,8-10H2,1-7H3/t13-/m0/s1. The molecule has 96 valence electrons. The van der Waals surface area contributed by atoms with E-state index in [-0.39, 0.29) is 0 Å². The Hall–Kier alpha value is -0.0800. The van der Waals surface area contributed by atoms with E-state index < -0.39 is 0 Å². The summed E-state index contributed by atoms with van der Waals surface area (Å²) >= 11 is 0. The van der Waals surface area contributed by atoms with E-state index in [1.807, 2.05) is 0 Å². The van der Waals surface area contributed by atoms with Crippen molar-refractivity contribution in [2.45, 2.75) is 66.6 Å². The van der Waals surface area contributed by atoms with Crippen LogP contribution in [0.25, 0.3) is 0 Å². The quantitative estimate of drug-likeness (QED) is 0.714. The molecule has 1 aliphatic rings. The molecule has 0 aromatic heterocycles. The molecule has 1 saturated heterocycles. The highest BCUT2D eigenvalue weighted by molar-refractivity contribution is 4.92. The average Bonchev–Trinajstić information content (AvgIpc) is 2.15. The fourth-order valence-electron chi connectivity index (χ4n) is 2.68. The highest BCUT2D eigenvalue weighted by Gasteiger charge is 2.36. The smallest absolute Gasteiger partial charge is 0.0274 e. The molecule has 0 saturated carbocycles. The van der Waals surface area contributed by atoms with Crippen LogP contribution in [0.5, 0.6) is 0 Å². The summed E-state index contributed by atoms with van der Waals surface area (Å²) in [5.41, 5.74) is 0.373. The first kappa shape index (κ1) is 14.0. The largest absolute Gasteiger partial charge is 0.298 e. The summed E-state index contributed by atoms with van der Waals surface area (Å²) < 4.78 is 0. The van der Waals surface area contributed by atoms with Gasteiger partial charge in [0.15, 0.2) is 0 Å². The van der Waals surface area contributed by atoms with Crippen LogP contribution in [-0.4, -0.2) is 47.6 Å². The minimum atomic E-state index is 0.373. The van der Waals surface area contributed by atoms with Gasteiger partial charge in [0, 0.05) is 37.8 Å². The molecule has 1 heterocycles. The third-order valence-electron chi connectivity index (χ3n) is 3.85. The Labute approximate surface area is 102 Å². The zero-order valence-electron chi connectivity index (χ0n) is 12.2. The molecular weight excluding hydrogens is 196 g/mol. The van der Waals surface area contributed by atoms with Gasteiger partial charge in [-0.2, -0.15) is 0 Å². The second kappa shape index (κ2) is 5.05. The van der Waals surface area contributed by atoms with Gasteiger partial charge < -0.3 is 0 Å². The molecule has 0 N–H and O–H groups in total. The van der Waals surface area contributed by atoms with Crippen molar-refractivity contribution in [3.8, 4) is 0 Å². The van der Waals surface area contributed by atoms with E-state index >= 15 is 0 Å². The summed E-state index contributed by atoms with van der Waals surface area (Å²) in [6.07, 6.45) is 0. The molecule has 2 heteroatoms. The van der Waals surface area contributed by atoms with Gasteiger partial charge in [0.05, 0.1) is 0 Å². The Balaban J connectivity index is 2.78. The lowest BCUT2D eigenvalue weighted by atomic mass is 9.83. The third kappa shape index (κ3) is 3.21. The van der Waals surface area contributed by atoms with Crippen LogP contribution >= 0.6 is 0 Å². The highest BCUT2D eigenvalue weighted by Crippen LogP contribution is 2.29. The molecule has 1 aliphatic heterocycles. The molecule has 0 bridgehead atoms. The molecule has 0 aromatic rings. The average molecular weight is 226 g/mol. The SMILES string of the molecule is CC(C)N1CCN(C(C)C)[C@H](C(C)(C)C)C1. The summed E-state index contributed by atoms with van der Waals surface area (Å²) in [6, 6.07) is 2.03.